The third-order valence-corrected chi connectivity index (χ3v) is 8.15. The molecule has 1 unspecified atom stereocenters. The zero-order valence-corrected chi connectivity index (χ0v) is 22.2. The van der Waals surface area contributed by atoms with Crippen molar-refractivity contribution in [3.63, 3.8) is 0 Å². The summed E-state index contributed by atoms with van der Waals surface area (Å²) in [5, 5.41) is 25.0. The van der Waals surface area contributed by atoms with E-state index in [2.05, 4.69) is 20.5 Å². The van der Waals surface area contributed by atoms with Crippen LogP contribution < -0.4 is 15.4 Å². The highest BCUT2D eigenvalue weighted by Crippen LogP contribution is 2.43. The second-order valence-corrected chi connectivity index (χ2v) is 10.3. The summed E-state index contributed by atoms with van der Waals surface area (Å²) in [6.45, 7) is 1.15. The van der Waals surface area contributed by atoms with Crippen LogP contribution in [0.25, 0.3) is 10.9 Å². The Bertz CT molecular complexity index is 1610. The molecule has 0 saturated heterocycles. The lowest BCUT2D eigenvalue weighted by molar-refractivity contribution is -0.147. The molecule has 3 heterocycles. The fourth-order valence-electron chi connectivity index (χ4n) is 4.97. The molecule has 0 spiro atoms. The first-order valence-corrected chi connectivity index (χ1v) is 13.2. The SMILES string of the molecule is COc1ccc(CN2CCc3c(sc(NC(=O)C(=O)O)c3C(=O)O)C2CNC(=O)c2c[nH]c3ccccc23)cc1. The first-order valence-electron chi connectivity index (χ1n) is 12.4. The van der Waals surface area contributed by atoms with Gasteiger partial charge in [0, 0.05) is 41.6 Å². The highest BCUT2D eigenvalue weighted by Gasteiger charge is 2.36. The van der Waals surface area contributed by atoms with Crippen LogP contribution in [0.2, 0.25) is 0 Å². The van der Waals surface area contributed by atoms with Gasteiger partial charge in [-0.3, -0.25) is 14.5 Å². The molecule has 1 atom stereocenters. The van der Waals surface area contributed by atoms with Crippen LogP contribution in [0.15, 0.2) is 54.7 Å². The Balaban J connectivity index is 1.48. The Morgan fingerprint density at radius 3 is 2.55 bits per heavy atom. The van der Waals surface area contributed by atoms with Crippen LogP contribution in [-0.4, -0.2) is 64.0 Å². The number of nitrogens with zero attached hydrogens (tertiary/aromatic N) is 1. The normalized spacial score (nSPS) is 14.9. The third kappa shape index (κ3) is 5.26. The minimum atomic E-state index is -1.72. The minimum Gasteiger partial charge on any atom is -0.497 e. The minimum absolute atomic E-state index is 0.0378. The molecule has 1 aliphatic heterocycles. The summed E-state index contributed by atoms with van der Waals surface area (Å²) in [5.74, 6) is -3.87. The van der Waals surface area contributed by atoms with Gasteiger partial charge in [-0.2, -0.15) is 0 Å². The second-order valence-electron chi connectivity index (χ2n) is 9.26. The smallest absolute Gasteiger partial charge is 0.394 e. The Kier molecular flexibility index (Phi) is 7.54. The average molecular weight is 563 g/mol. The molecule has 4 aromatic rings. The van der Waals surface area contributed by atoms with Gasteiger partial charge < -0.3 is 30.6 Å². The molecule has 206 valence electrons. The number of methoxy groups -OCH3 is 1. The van der Waals surface area contributed by atoms with E-state index in [0.717, 1.165) is 33.6 Å². The zero-order valence-electron chi connectivity index (χ0n) is 21.4. The number of aromatic amines is 1. The number of aliphatic carboxylic acids is 1. The Morgan fingerprint density at radius 2 is 1.85 bits per heavy atom. The summed E-state index contributed by atoms with van der Waals surface area (Å²) in [6, 6.07) is 14.6. The highest BCUT2D eigenvalue weighted by atomic mass is 32.1. The summed E-state index contributed by atoms with van der Waals surface area (Å²) >= 11 is 1.02. The van der Waals surface area contributed by atoms with Crippen LogP contribution >= 0.6 is 11.3 Å². The number of benzene rings is 2. The number of aromatic nitrogens is 1. The summed E-state index contributed by atoms with van der Waals surface area (Å²) in [5.41, 5.74) is 2.71. The number of aromatic carboxylic acids is 1. The molecule has 2 aromatic heterocycles. The molecule has 2 aromatic carbocycles. The van der Waals surface area contributed by atoms with E-state index in [1.807, 2.05) is 48.5 Å². The van der Waals surface area contributed by atoms with Crippen LogP contribution in [-0.2, 0) is 22.6 Å². The number of hydrogen-bond donors (Lipinski definition) is 5. The van der Waals surface area contributed by atoms with Gasteiger partial charge in [0.15, 0.2) is 0 Å². The number of H-pyrrole nitrogens is 1. The maximum atomic E-state index is 13.2. The van der Waals surface area contributed by atoms with Gasteiger partial charge in [-0.05, 0) is 35.7 Å². The number of carboxylic acid groups (broad SMARTS) is 2. The largest absolute Gasteiger partial charge is 0.497 e. The van der Waals surface area contributed by atoms with Crippen LogP contribution in [0, 0.1) is 0 Å². The van der Waals surface area contributed by atoms with Crippen molar-refractivity contribution in [2.24, 2.45) is 0 Å². The van der Waals surface area contributed by atoms with Crippen molar-refractivity contribution < 1.29 is 34.1 Å². The van der Waals surface area contributed by atoms with Gasteiger partial charge in [-0.25, -0.2) is 9.59 Å². The van der Waals surface area contributed by atoms with Gasteiger partial charge in [0.1, 0.15) is 10.8 Å². The number of thiophene rings is 1. The van der Waals surface area contributed by atoms with E-state index in [4.69, 9.17) is 9.84 Å². The molecule has 0 saturated carbocycles. The van der Waals surface area contributed by atoms with E-state index in [-0.39, 0.29) is 23.0 Å². The molecule has 0 radical (unpaired) electrons. The quantitative estimate of drug-likeness (QED) is 0.204. The maximum Gasteiger partial charge on any atom is 0.394 e. The highest BCUT2D eigenvalue weighted by molar-refractivity contribution is 7.17. The van der Waals surface area contributed by atoms with Gasteiger partial charge >= 0.3 is 17.8 Å². The lowest BCUT2D eigenvalue weighted by atomic mass is 9.96. The van der Waals surface area contributed by atoms with Gasteiger partial charge in [-0.1, -0.05) is 30.3 Å². The molecule has 0 aliphatic carbocycles. The van der Waals surface area contributed by atoms with E-state index < -0.39 is 23.9 Å². The van der Waals surface area contributed by atoms with Crippen molar-refractivity contribution in [1.29, 1.82) is 0 Å². The number of anilines is 1. The number of fused-ring (bicyclic) bond motifs is 2. The third-order valence-electron chi connectivity index (χ3n) is 6.90. The van der Waals surface area contributed by atoms with Gasteiger partial charge in [0.25, 0.3) is 5.91 Å². The molecule has 12 heteroatoms. The lowest BCUT2D eigenvalue weighted by Crippen LogP contribution is -2.41. The van der Waals surface area contributed by atoms with E-state index in [0.29, 0.717) is 35.5 Å². The number of nitrogens with one attached hydrogen (secondary N) is 3. The standard InChI is InChI=1S/C28H26N4O7S/c1-39-16-8-6-15(7-9-16)14-32-11-10-18-22(27(35)36)26(31-25(34)28(37)38)40-23(18)21(32)13-30-24(33)19-12-29-20-5-3-2-4-17(19)20/h2-9,12,21,29H,10-11,13-14H2,1H3,(H,30,33)(H,31,34)(H,35,36)(H,37,38). The molecular weight excluding hydrogens is 536 g/mol. The number of hydrogen-bond acceptors (Lipinski definition) is 7. The molecular formula is C28H26N4O7S. The Labute approximate surface area is 232 Å². The second kappa shape index (κ2) is 11.2. The van der Waals surface area contributed by atoms with Crippen LogP contribution in [0.3, 0.4) is 0 Å². The fourth-order valence-corrected chi connectivity index (χ4v) is 6.34. The van der Waals surface area contributed by atoms with Crippen LogP contribution in [0.1, 0.15) is 42.8 Å². The van der Waals surface area contributed by atoms with Crippen molar-refractivity contribution in [1.82, 2.24) is 15.2 Å². The van der Waals surface area contributed by atoms with E-state index in [9.17, 15) is 24.3 Å². The first-order chi connectivity index (χ1) is 19.3. The van der Waals surface area contributed by atoms with Gasteiger partial charge in [-0.15, -0.1) is 11.3 Å². The number of carbonyl (C=O) groups is 4. The maximum absolute atomic E-state index is 13.2. The van der Waals surface area contributed by atoms with Crippen LogP contribution in [0.4, 0.5) is 5.00 Å². The van der Waals surface area contributed by atoms with Crippen molar-refractivity contribution in [3.05, 3.63) is 81.9 Å². The van der Waals surface area contributed by atoms with E-state index >= 15 is 0 Å². The fraction of sp³-hybridized carbons (Fsp3) is 0.214. The van der Waals surface area contributed by atoms with Gasteiger partial charge in [0.05, 0.1) is 24.3 Å². The van der Waals surface area contributed by atoms with E-state index in [1.54, 1.807) is 13.3 Å². The van der Waals surface area contributed by atoms with E-state index in [1.165, 1.54) is 0 Å². The molecule has 5 N–H and O–H groups in total. The zero-order chi connectivity index (χ0) is 28.4. The molecule has 0 bridgehead atoms. The summed E-state index contributed by atoms with van der Waals surface area (Å²) in [4.78, 5) is 54.4. The lowest BCUT2D eigenvalue weighted by Gasteiger charge is -2.36. The summed E-state index contributed by atoms with van der Waals surface area (Å²) < 4.78 is 5.25. The number of carboxylic acids is 2. The monoisotopic (exact) mass is 562 g/mol. The number of amides is 2. The topological polar surface area (TPSA) is 161 Å². The van der Waals surface area contributed by atoms with Crippen LogP contribution in [0.5, 0.6) is 5.75 Å². The molecule has 1 aliphatic rings. The molecule has 5 rings (SSSR count). The van der Waals surface area contributed by atoms with Crippen molar-refractivity contribution in [3.8, 4) is 5.75 Å². The number of carbonyl (C=O) groups excluding carboxylic acids is 2. The van der Waals surface area contributed by atoms with Crippen molar-refractivity contribution in [2.45, 2.75) is 19.0 Å². The molecule has 2 amide bonds. The first kappa shape index (κ1) is 26.9. The molecule has 40 heavy (non-hydrogen) atoms. The Morgan fingerprint density at radius 1 is 1.10 bits per heavy atom. The predicted molar refractivity (Wildman–Crippen MR) is 148 cm³/mol. The van der Waals surface area contributed by atoms with Crippen molar-refractivity contribution >= 4 is 51.0 Å². The average Bonchev–Trinajstić information content (AvgIpc) is 3.54. The predicted octanol–water partition coefficient (Wildman–Crippen LogP) is 3.49. The Hall–Kier alpha value is -4.68. The number of para-hydroxylation sites is 1. The molecule has 11 nitrogen and oxygen atoms in total. The number of rotatable bonds is 8. The summed E-state index contributed by atoms with van der Waals surface area (Å²) in [6.07, 6.45) is 2.02. The van der Waals surface area contributed by atoms with Gasteiger partial charge in [0.2, 0.25) is 0 Å². The van der Waals surface area contributed by atoms with Crippen molar-refractivity contribution in [2.75, 3.05) is 25.5 Å². The summed E-state index contributed by atoms with van der Waals surface area (Å²) in [7, 11) is 1.59. The number of ether oxygens (including phenoxy) is 1. The molecule has 0 fully saturated rings.